The van der Waals surface area contributed by atoms with Crippen LogP contribution in [0.4, 0.5) is 0 Å². The van der Waals surface area contributed by atoms with Crippen molar-refractivity contribution in [3.63, 3.8) is 0 Å². The summed E-state index contributed by atoms with van der Waals surface area (Å²) in [6.45, 7) is 0.832. The summed E-state index contributed by atoms with van der Waals surface area (Å²) in [6, 6.07) is 1.47. The Morgan fingerprint density at radius 1 is 1.05 bits per heavy atom. The lowest BCUT2D eigenvalue weighted by atomic mass is 10.0. The number of carboxylic acid groups (broad SMARTS) is 1. The van der Waals surface area contributed by atoms with E-state index in [2.05, 4.69) is 10.6 Å². The summed E-state index contributed by atoms with van der Waals surface area (Å²) in [7, 11) is 0. The molecule has 13 heteroatoms. The highest BCUT2D eigenvalue weighted by Gasteiger charge is 2.38. The van der Waals surface area contributed by atoms with Crippen LogP contribution in [0, 0.1) is 0 Å². The summed E-state index contributed by atoms with van der Waals surface area (Å²) < 4.78 is 0. The average Bonchev–Trinajstić information content (AvgIpc) is 3.33. The van der Waals surface area contributed by atoms with Crippen LogP contribution in [0.5, 0.6) is 5.75 Å². The lowest BCUT2D eigenvalue weighted by molar-refractivity contribution is -0.144. The number of carbonyl (C=O) groups is 5. The Labute approximate surface area is 214 Å². The highest BCUT2D eigenvalue weighted by Crippen LogP contribution is 2.20. The monoisotopic (exact) mass is 520 g/mol. The molecule has 1 aromatic rings. The van der Waals surface area contributed by atoms with E-state index in [-0.39, 0.29) is 18.1 Å². The van der Waals surface area contributed by atoms with E-state index in [1.807, 2.05) is 0 Å². The van der Waals surface area contributed by atoms with E-state index in [0.29, 0.717) is 44.3 Å². The quantitative estimate of drug-likeness (QED) is 0.138. The van der Waals surface area contributed by atoms with Crippen LogP contribution in [0.3, 0.4) is 0 Å². The SMILES string of the molecule is NCCCCC(N)C(=O)N1CCCC1C(=O)NC(Cc1ccc(O)cc1)C(=O)NC(CC(N)=O)C(=O)O. The third-order valence-corrected chi connectivity index (χ3v) is 6.15. The van der Waals surface area contributed by atoms with Gasteiger partial charge in [-0.1, -0.05) is 18.6 Å². The zero-order valence-electron chi connectivity index (χ0n) is 20.6. The van der Waals surface area contributed by atoms with Gasteiger partial charge in [-0.05, 0) is 49.9 Å². The number of nitrogens with zero attached hydrogens (tertiary/aromatic N) is 1. The highest BCUT2D eigenvalue weighted by molar-refractivity contribution is 5.95. The second kappa shape index (κ2) is 14.1. The molecule has 0 aromatic heterocycles. The predicted molar refractivity (Wildman–Crippen MR) is 133 cm³/mol. The Morgan fingerprint density at radius 3 is 2.32 bits per heavy atom. The summed E-state index contributed by atoms with van der Waals surface area (Å²) >= 11 is 0. The van der Waals surface area contributed by atoms with Crippen molar-refractivity contribution >= 4 is 29.6 Å². The van der Waals surface area contributed by atoms with Gasteiger partial charge in [0.1, 0.15) is 23.9 Å². The molecule has 37 heavy (non-hydrogen) atoms. The zero-order chi connectivity index (χ0) is 27.5. The lowest BCUT2D eigenvalue weighted by Gasteiger charge is -2.28. The van der Waals surface area contributed by atoms with Gasteiger partial charge in [-0.25, -0.2) is 4.79 Å². The lowest BCUT2D eigenvalue weighted by Crippen LogP contribution is -2.57. The van der Waals surface area contributed by atoms with Crippen LogP contribution in [-0.4, -0.2) is 82.0 Å². The second-order valence-corrected chi connectivity index (χ2v) is 9.08. The number of phenolic OH excluding ortho intramolecular Hbond substituents is 1. The average molecular weight is 521 g/mol. The van der Waals surface area contributed by atoms with E-state index >= 15 is 0 Å². The number of carbonyl (C=O) groups excluding carboxylic acids is 4. The second-order valence-electron chi connectivity index (χ2n) is 9.08. The van der Waals surface area contributed by atoms with E-state index in [1.165, 1.54) is 17.0 Å². The molecule has 1 heterocycles. The normalized spacial score (nSPS) is 17.5. The van der Waals surface area contributed by atoms with Crippen molar-refractivity contribution in [1.29, 1.82) is 0 Å². The third kappa shape index (κ3) is 9.03. The number of primary amides is 1. The summed E-state index contributed by atoms with van der Waals surface area (Å²) in [5.74, 6) is -4.16. The number of aromatic hydroxyl groups is 1. The molecule has 10 N–H and O–H groups in total. The fraction of sp³-hybridized carbons (Fsp3) is 0.542. The maximum Gasteiger partial charge on any atom is 0.326 e. The van der Waals surface area contributed by atoms with Gasteiger partial charge in [0, 0.05) is 13.0 Å². The molecule has 13 nitrogen and oxygen atoms in total. The van der Waals surface area contributed by atoms with Crippen molar-refractivity contribution in [2.45, 2.75) is 69.1 Å². The molecule has 1 aromatic carbocycles. The molecular weight excluding hydrogens is 484 g/mol. The van der Waals surface area contributed by atoms with Crippen LogP contribution in [-0.2, 0) is 30.4 Å². The van der Waals surface area contributed by atoms with Crippen LogP contribution in [0.1, 0.15) is 44.1 Å². The molecule has 1 saturated heterocycles. The number of carboxylic acids is 1. The molecule has 0 saturated carbocycles. The maximum atomic E-state index is 13.2. The number of phenols is 1. The van der Waals surface area contributed by atoms with Gasteiger partial charge >= 0.3 is 5.97 Å². The fourth-order valence-electron chi connectivity index (χ4n) is 4.17. The summed E-state index contributed by atoms with van der Waals surface area (Å²) in [5, 5.41) is 23.8. The van der Waals surface area contributed by atoms with Gasteiger partial charge < -0.3 is 42.9 Å². The van der Waals surface area contributed by atoms with E-state index in [0.717, 1.165) is 6.42 Å². The number of amides is 4. The molecule has 4 unspecified atom stereocenters. The van der Waals surface area contributed by atoms with Crippen molar-refractivity contribution in [2.24, 2.45) is 17.2 Å². The molecular formula is C24H36N6O7. The Balaban J connectivity index is 2.18. The number of rotatable bonds is 14. The molecule has 0 bridgehead atoms. The van der Waals surface area contributed by atoms with Gasteiger partial charge in [0.25, 0.3) is 0 Å². The summed E-state index contributed by atoms with van der Waals surface area (Å²) in [5.41, 5.74) is 17.2. The van der Waals surface area contributed by atoms with E-state index in [1.54, 1.807) is 12.1 Å². The molecule has 1 fully saturated rings. The summed E-state index contributed by atoms with van der Waals surface area (Å²) in [4.78, 5) is 63.3. The number of aliphatic carboxylic acids is 1. The van der Waals surface area contributed by atoms with Gasteiger partial charge in [0.05, 0.1) is 12.5 Å². The first-order valence-electron chi connectivity index (χ1n) is 12.2. The van der Waals surface area contributed by atoms with Crippen molar-refractivity contribution in [3.8, 4) is 5.75 Å². The predicted octanol–water partition coefficient (Wildman–Crippen LogP) is -1.69. The Hall–Kier alpha value is -3.71. The number of hydrogen-bond acceptors (Lipinski definition) is 8. The van der Waals surface area contributed by atoms with Crippen molar-refractivity contribution < 1.29 is 34.2 Å². The van der Waals surface area contributed by atoms with Crippen LogP contribution in [0.15, 0.2) is 24.3 Å². The first-order chi connectivity index (χ1) is 17.5. The van der Waals surface area contributed by atoms with Gasteiger partial charge in [-0.2, -0.15) is 0 Å². The van der Waals surface area contributed by atoms with E-state index in [4.69, 9.17) is 17.2 Å². The van der Waals surface area contributed by atoms with Gasteiger partial charge in [-0.15, -0.1) is 0 Å². The molecule has 4 atom stereocenters. The van der Waals surface area contributed by atoms with Crippen molar-refractivity contribution in [1.82, 2.24) is 15.5 Å². The van der Waals surface area contributed by atoms with Crippen LogP contribution in [0.25, 0.3) is 0 Å². The Bertz CT molecular complexity index is 971. The maximum absolute atomic E-state index is 13.2. The molecule has 2 rings (SSSR count). The number of hydrogen-bond donors (Lipinski definition) is 7. The number of benzene rings is 1. The Kier molecular flexibility index (Phi) is 11.3. The van der Waals surface area contributed by atoms with E-state index < -0.39 is 54.3 Å². The van der Waals surface area contributed by atoms with Crippen LogP contribution >= 0.6 is 0 Å². The third-order valence-electron chi connectivity index (χ3n) is 6.15. The number of nitrogens with one attached hydrogen (secondary N) is 2. The van der Waals surface area contributed by atoms with Gasteiger partial charge in [0.2, 0.25) is 23.6 Å². The first kappa shape index (κ1) is 29.5. The molecule has 0 spiro atoms. The minimum Gasteiger partial charge on any atom is -0.508 e. The zero-order valence-corrected chi connectivity index (χ0v) is 20.6. The van der Waals surface area contributed by atoms with Crippen molar-refractivity contribution in [2.75, 3.05) is 13.1 Å². The minimum absolute atomic E-state index is 0.00379. The number of unbranched alkanes of at least 4 members (excludes halogenated alkanes) is 1. The van der Waals surface area contributed by atoms with Gasteiger partial charge in [0.15, 0.2) is 0 Å². The number of likely N-dealkylation sites (tertiary alicyclic amines) is 1. The standard InChI is InChI=1S/C24H36N6O7/c25-10-2-1-4-16(26)23(35)30-11-3-5-19(30)22(34)28-17(12-14-6-8-15(31)9-7-14)21(33)29-18(24(36)37)13-20(27)32/h6-9,16-19,31H,1-5,10-13,25-26H2,(H2,27,32)(H,28,34)(H,29,33)(H,36,37). The van der Waals surface area contributed by atoms with Crippen LogP contribution in [0.2, 0.25) is 0 Å². The topological polar surface area (TPSA) is 231 Å². The fourth-order valence-corrected chi connectivity index (χ4v) is 4.17. The molecule has 4 amide bonds. The molecule has 1 aliphatic rings. The Morgan fingerprint density at radius 2 is 1.73 bits per heavy atom. The number of nitrogens with two attached hydrogens (primary N) is 3. The minimum atomic E-state index is -1.58. The molecule has 204 valence electrons. The highest BCUT2D eigenvalue weighted by atomic mass is 16.4. The largest absolute Gasteiger partial charge is 0.508 e. The smallest absolute Gasteiger partial charge is 0.326 e. The first-order valence-corrected chi connectivity index (χ1v) is 12.2. The van der Waals surface area contributed by atoms with E-state index in [9.17, 15) is 34.2 Å². The molecule has 1 aliphatic heterocycles. The summed E-state index contributed by atoms with van der Waals surface area (Å²) in [6.07, 6.45) is 2.12. The molecule has 0 aliphatic carbocycles. The van der Waals surface area contributed by atoms with Crippen molar-refractivity contribution in [3.05, 3.63) is 29.8 Å². The van der Waals surface area contributed by atoms with Crippen LogP contribution < -0.4 is 27.8 Å². The van der Waals surface area contributed by atoms with Gasteiger partial charge in [-0.3, -0.25) is 19.2 Å². The molecule has 0 radical (unpaired) electrons.